The van der Waals surface area contributed by atoms with Gasteiger partial charge in [0.25, 0.3) is 0 Å². The molecule has 1 saturated heterocycles. The number of anilines is 1. The molecule has 1 aromatic rings. The minimum Gasteiger partial charge on any atom is -0.324 e. The minimum absolute atomic E-state index is 0.101. The number of piperidine rings is 1. The van der Waals surface area contributed by atoms with E-state index in [4.69, 9.17) is 0 Å². The van der Waals surface area contributed by atoms with Gasteiger partial charge >= 0.3 is 0 Å². The normalized spacial score (nSPS) is 20.0. The van der Waals surface area contributed by atoms with Crippen molar-refractivity contribution in [1.29, 1.82) is 0 Å². The van der Waals surface area contributed by atoms with E-state index in [0.717, 1.165) is 25.8 Å². The number of rotatable bonds is 2. The summed E-state index contributed by atoms with van der Waals surface area (Å²) in [5.74, 6) is -0.462. The van der Waals surface area contributed by atoms with E-state index in [1.165, 1.54) is 12.1 Å². The summed E-state index contributed by atoms with van der Waals surface area (Å²) in [6.45, 7) is 0.863. The van der Waals surface area contributed by atoms with Gasteiger partial charge in [-0.3, -0.25) is 4.79 Å². The Morgan fingerprint density at radius 2 is 2.29 bits per heavy atom. The molecular formula is C12H14BrFN2O. The summed E-state index contributed by atoms with van der Waals surface area (Å²) in [5.41, 5.74) is 0.474. The molecule has 1 fully saturated rings. The van der Waals surface area contributed by atoms with Crippen molar-refractivity contribution >= 4 is 27.5 Å². The van der Waals surface area contributed by atoms with Gasteiger partial charge < -0.3 is 10.6 Å². The van der Waals surface area contributed by atoms with Crippen molar-refractivity contribution < 1.29 is 9.18 Å². The van der Waals surface area contributed by atoms with Crippen molar-refractivity contribution in [3.05, 3.63) is 28.5 Å². The fourth-order valence-corrected chi connectivity index (χ4v) is 2.23. The van der Waals surface area contributed by atoms with Gasteiger partial charge in [0.05, 0.1) is 11.7 Å². The van der Waals surface area contributed by atoms with Gasteiger partial charge in [-0.1, -0.05) is 6.42 Å². The van der Waals surface area contributed by atoms with Gasteiger partial charge in [-0.05, 0) is 53.5 Å². The summed E-state index contributed by atoms with van der Waals surface area (Å²) < 4.78 is 13.7. The predicted molar refractivity (Wildman–Crippen MR) is 68.4 cm³/mol. The molecule has 2 rings (SSSR count). The fourth-order valence-electron chi connectivity index (χ4n) is 1.89. The Morgan fingerprint density at radius 1 is 1.47 bits per heavy atom. The number of halogens is 2. The van der Waals surface area contributed by atoms with Gasteiger partial charge in [0.1, 0.15) is 5.82 Å². The lowest BCUT2D eigenvalue weighted by atomic mass is 10.0. The minimum atomic E-state index is -0.361. The zero-order chi connectivity index (χ0) is 12.3. The fraction of sp³-hybridized carbons (Fsp3) is 0.417. The van der Waals surface area contributed by atoms with Gasteiger partial charge in [-0.15, -0.1) is 0 Å². The van der Waals surface area contributed by atoms with Crippen LogP contribution in [0.25, 0.3) is 0 Å². The average molecular weight is 301 g/mol. The Kier molecular flexibility index (Phi) is 4.12. The topological polar surface area (TPSA) is 41.1 Å². The highest BCUT2D eigenvalue weighted by molar-refractivity contribution is 9.10. The van der Waals surface area contributed by atoms with Crippen LogP contribution in [-0.4, -0.2) is 18.5 Å². The van der Waals surface area contributed by atoms with E-state index in [1.807, 2.05) is 0 Å². The van der Waals surface area contributed by atoms with Crippen LogP contribution in [0.3, 0.4) is 0 Å². The van der Waals surface area contributed by atoms with Gasteiger partial charge in [-0.25, -0.2) is 4.39 Å². The molecule has 1 aromatic carbocycles. The van der Waals surface area contributed by atoms with Gasteiger partial charge in [-0.2, -0.15) is 0 Å². The lowest BCUT2D eigenvalue weighted by Gasteiger charge is -2.22. The SMILES string of the molecule is O=C(Nc1cc(F)ccc1Br)[C@H]1CCCCN1. The molecule has 92 valence electrons. The highest BCUT2D eigenvalue weighted by atomic mass is 79.9. The van der Waals surface area contributed by atoms with Crippen LogP contribution in [0.2, 0.25) is 0 Å². The first-order valence-corrected chi connectivity index (χ1v) is 6.45. The first kappa shape index (κ1) is 12.5. The van der Waals surface area contributed by atoms with Crippen molar-refractivity contribution in [3.8, 4) is 0 Å². The third-order valence-corrected chi connectivity index (χ3v) is 3.50. The van der Waals surface area contributed by atoms with Crippen LogP contribution < -0.4 is 10.6 Å². The first-order chi connectivity index (χ1) is 8.16. The molecule has 0 bridgehead atoms. The molecule has 17 heavy (non-hydrogen) atoms. The zero-order valence-corrected chi connectivity index (χ0v) is 10.9. The third-order valence-electron chi connectivity index (χ3n) is 2.81. The molecular weight excluding hydrogens is 287 g/mol. The molecule has 1 aliphatic heterocycles. The summed E-state index contributed by atoms with van der Waals surface area (Å²) in [7, 11) is 0. The quantitative estimate of drug-likeness (QED) is 0.882. The molecule has 0 saturated carbocycles. The average Bonchev–Trinajstić information content (AvgIpc) is 2.35. The monoisotopic (exact) mass is 300 g/mol. The Balaban J connectivity index is 2.04. The summed E-state index contributed by atoms with van der Waals surface area (Å²) in [6.07, 6.45) is 2.99. The van der Waals surface area contributed by atoms with Crippen LogP contribution in [-0.2, 0) is 4.79 Å². The Morgan fingerprint density at radius 3 is 3.00 bits per heavy atom. The number of amides is 1. The van der Waals surface area contributed by atoms with Gasteiger partial charge in [0.2, 0.25) is 5.91 Å². The van der Waals surface area contributed by atoms with Crippen molar-refractivity contribution in [3.63, 3.8) is 0 Å². The van der Waals surface area contributed by atoms with E-state index in [0.29, 0.717) is 10.2 Å². The van der Waals surface area contributed by atoms with E-state index in [9.17, 15) is 9.18 Å². The van der Waals surface area contributed by atoms with E-state index < -0.39 is 0 Å². The highest BCUT2D eigenvalue weighted by Crippen LogP contribution is 2.23. The molecule has 0 radical (unpaired) electrons. The predicted octanol–water partition coefficient (Wildman–Crippen LogP) is 2.67. The van der Waals surface area contributed by atoms with E-state index >= 15 is 0 Å². The number of benzene rings is 1. The highest BCUT2D eigenvalue weighted by Gasteiger charge is 2.21. The molecule has 0 aliphatic carbocycles. The molecule has 1 heterocycles. The number of carbonyl (C=O) groups excluding carboxylic acids is 1. The largest absolute Gasteiger partial charge is 0.324 e. The lowest BCUT2D eigenvalue weighted by Crippen LogP contribution is -2.43. The van der Waals surface area contributed by atoms with E-state index in [-0.39, 0.29) is 17.8 Å². The second-order valence-electron chi connectivity index (χ2n) is 4.12. The Bertz CT molecular complexity index is 419. The number of hydrogen-bond donors (Lipinski definition) is 2. The number of nitrogens with one attached hydrogen (secondary N) is 2. The Labute approximate surface area is 108 Å². The van der Waals surface area contributed by atoms with Crippen molar-refractivity contribution in [2.75, 3.05) is 11.9 Å². The molecule has 0 spiro atoms. The Hall–Kier alpha value is -0.940. The molecule has 3 nitrogen and oxygen atoms in total. The maximum atomic E-state index is 13.1. The third kappa shape index (κ3) is 3.26. The lowest BCUT2D eigenvalue weighted by molar-refractivity contribution is -0.118. The molecule has 1 amide bonds. The molecule has 1 atom stereocenters. The van der Waals surface area contributed by atoms with Crippen LogP contribution in [0.5, 0.6) is 0 Å². The summed E-state index contributed by atoms with van der Waals surface area (Å²) in [5, 5.41) is 5.88. The molecule has 5 heteroatoms. The van der Waals surface area contributed by atoms with Crippen LogP contribution in [0.4, 0.5) is 10.1 Å². The second-order valence-corrected chi connectivity index (χ2v) is 4.97. The van der Waals surface area contributed by atoms with Crippen LogP contribution in [0, 0.1) is 5.82 Å². The van der Waals surface area contributed by atoms with Gasteiger partial charge in [0, 0.05) is 4.47 Å². The summed E-state index contributed by atoms with van der Waals surface area (Å²) in [4.78, 5) is 11.9. The smallest absolute Gasteiger partial charge is 0.241 e. The van der Waals surface area contributed by atoms with Crippen molar-refractivity contribution in [2.45, 2.75) is 25.3 Å². The van der Waals surface area contributed by atoms with Gasteiger partial charge in [0.15, 0.2) is 0 Å². The van der Waals surface area contributed by atoms with E-state index in [2.05, 4.69) is 26.6 Å². The van der Waals surface area contributed by atoms with E-state index in [1.54, 1.807) is 6.07 Å². The second kappa shape index (κ2) is 5.60. The van der Waals surface area contributed by atoms with Crippen LogP contribution >= 0.6 is 15.9 Å². The molecule has 1 aliphatic rings. The molecule has 0 aromatic heterocycles. The maximum Gasteiger partial charge on any atom is 0.241 e. The number of carbonyl (C=O) groups is 1. The zero-order valence-electron chi connectivity index (χ0n) is 9.30. The molecule has 2 N–H and O–H groups in total. The summed E-state index contributed by atoms with van der Waals surface area (Å²) >= 11 is 3.28. The molecule has 0 unspecified atom stereocenters. The van der Waals surface area contributed by atoms with Crippen molar-refractivity contribution in [2.24, 2.45) is 0 Å². The first-order valence-electron chi connectivity index (χ1n) is 5.66. The summed E-state index contributed by atoms with van der Waals surface area (Å²) in [6, 6.07) is 4.07. The maximum absolute atomic E-state index is 13.1. The standard InChI is InChI=1S/C12H14BrFN2O/c13-9-5-4-8(14)7-11(9)16-12(17)10-3-1-2-6-15-10/h4-5,7,10,15H,1-3,6H2,(H,16,17)/t10-/m1/s1. The van der Waals surface area contributed by atoms with Crippen LogP contribution in [0.1, 0.15) is 19.3 Å². The van der Waals surface area contributed by atoms with Crippen LogP contribution in [0.15, 0.2) is 22.7 Å². The van der Waals surface area contributed by atoms with Crippen molar-refractivity contribution in [1.82, 2.24) is 5.32 Å². The number of hydrogen-bond acceptors (Lipinski definition) is 2.